The topological polar surface area (TPSA) is 76.8 Å². The Bertz CT molecular complexity index is 317. The Hall–Kier alpha value is -1.58. The van der Waals surface area contributed by atoms with Gasteiger partial charge in [0.15, 0.2) is 0 Å². The van der Waals surface area contributed by atoms with Crippen LogP contribution < -0.4 is 11.5 Å². The molecule has 4 nitrogen and oxygen atoms in total. The fraction of sp³-hybridized carbons (Fsp3) is 0.250. The average molecular weight is 164 g/mol. The van der Waals surface area contributed by atoms with E-state index in [1.807, 2.05) is 13.0 Å². The Kier molecular flexibility index (Phi) is 2.28. The molecule has 0 unspecified atom stereocenters. The highest BCUT2D eigenvalue weighted by molar-refractivity contribution is 5.70. The number of hydrogen-bond acceptors (Lipinski definition) is 4. The summed E-state index contributed by atoms with van der Waals surface area (Å²) in [6, 6.07) is 3.51. The van der Waals surface area contributed by atoms with Crippen LogP contribution in [0.3, 0.4) is 0 Å². The monoisotopic (exact) mass is 164 g/mol. The lowest BCUT2D eigenvalue weighted by molar-refractivity contribution is 1.17. The molecule has 0 atom stereocenters. The predicted octanol–water partition coefficient (Wildman–Crippen LogP) is 1.87. The minimum Gasteiger partial charge on any atom is -0.398 e. The Labute approximate surface area is 71.3 Å². The fourth-order valence-electron chi connectivity index (χ4n) is 0.921. The summed E-state index contributed by atoms with van der Waals surface area (Å²) in [5, 5.41) is 7.49. The molecule has 1 aromatic rings. The van der Waals surface area contributed by atoms with Crippen LogP contribution in [0.1, 0.15) is 5.56 Å². The van der Waals surface area contributed by atoms with Gasteiger partial charge >= 0.3 is 0 Å². The molecule has 1 rings (SSSR count). The van der Waals surface area contributed by atoms with Crippen molar-refractivity contribution in [2.24, 2.45) is 10.2 Å². The minimum absolute atomic E-state index is 0.559. The molecule has 1 aromatic carbocycles. The van der Waals surface area contributed by atoms with E-state index in [-0.39, 0.29) is 0 Å². The van der Waals surface area contributed by atoms with Gasteiger partial charge in [-0.3, -0.25) is 0 Å². The zero-order valence-electron chi connectivity index (χ0n) is 7.20. The second-order valence-corrected chi connectivity index (χ2v) is 2.57. The van der Waals surface area contributed by atoms with Crippen LogP contribution in [0.25, 0.3) is 0 Å². The van der Waals surface area contributed by atoms with E-state index in [0.29, 0.717) is 17.1 Å². The average Bonchev–Trinajstić information content (AvgIpc) is 2.01. The third kappa shape index (κ3) is 1.53. The van der Waals surface area contributed by atoms with Gasteiger partial charge in [-0.05, 0) is 24.6 Å². The second-order valence-electron chi connectivity index (χ2n) is 2.57. The molecule has 64 valence electrons. The Morgan fingerprint density at radius 3 is 2.42 bits per heavy atom. The molecule has 4 N–H and O–H groups in total. The third-order valence-corrected chi connectivity index (χ3v) is 1.62. The molecule has 0 amide bonds. The van der Waals surface area contributed by atoms with E-state index in [4.69, 9.17) is 11.5 Å². The highest BCUT2D eigenvalue weighted by atomic mass is 15.1. The maximum Gasteiger partial charge on any atom is 0.109 e. The van der Waals surface area contributed by atoms with Crippen LogP contribution in [0, 0.1) is 6.92 Å². The van der Waals surface area contributed by atoms with Crippen molar-refractivity contribution in [3.05, 3.63) is 17.7 Å². The molecule has 0 fully saturated rings. The zero-order chi connectivity index (χ0) is 9.14. The summed E-state index contributed by atoms with van der Waals surface area (Å²) in [5.74, 6) is 0. The number of nitrogens with zero attached hydrogens (tertiary/aromatic N) is 2. The van der Waals surface area contributed by atoms with E-state index < -0.39 is 0 Å². The molecule has 0 bridgehead atoms. The van der Waals surface area contributed by atoms with Crippen molar-refractivity contribution < 1.29 is 0 Å². The molecule has 4 heteroatoms. The van der Waals surface area contributed by atoms with Gasteiger partial charge in [-0.15, -0.1) is 0 Å². The number of azo groups is 1. The van der Waals surface area contributed by atoms with Crippen LogP contribution in [0.5, 0.6) is 0 Å². The van der Waals surface area contributed by atoms with Crippen LogP contribution in [0.15, 0.2) is 22.4 Å². The fourth-order valence-corrected chi connectivity index (χ4v) is 0.921. The van der Waals surface area contributed by atoms with Crippen LogP contribution in [-0.4, -0.2) is 7.05 Å². The molecule has 0 aliphatic heterocycles. The summed E-state index contributed by atoms with van der Waals surface area (Å²) >= 11 is 0. The lowest BCUT2D eigenvalue weighted by Crippen LogP contribution is -1.93. The molecule has 0 aliphatic carbocycles. The standard InChI is InChI=1S/C8H12N4/c1-5-3-8(12-11-2)7(10)4-6(5)9/h3-4H,9-10H2,1-2H3. The quantitative estimate of drug-likeness (QED) is 0.491. The first-order valence-electron chi connectivity index (χ1n) is 3.60. The molecule has 0 heterocycles. The van der Waals surface area contributed by atoms with Crippen LogP contribution in [0.4, 0.5) is 17.1 Å². The van der Waals surface area contributed by atoms with Crippen LogP contribution >= 0.6 is 0 Å². The van der Waals surface area contributed by atoms with E-state index in [0.717, 1.165) is 5.56 Å². The predicted molar refractivity (Wildman–Crippen MR) is 50.4 cm³/mol. The van der Waals surface area contributed by atoms with Gasteiger partial charge in [0.05, 0.1) is 5.69 Å². The first-order chi connectivity index (χ1) is 5.65. The van der Waals surface area contributed by atoms with Gasteiger partial charge in [0.1, 0.15) is 5.69 Å². The maximum atomic E-state index is 5.64. The number of rotatable bonds is 1. The second kappa shape index (κ2) is 3.21. The number of benzene rings is 1. The van der Waals surface area contributed by atoms with Crippen molar-refractivity contribution in [3.63, 3.8) is 0 Å². The lowest BCUT2D eigenvalue weighted by Gasteiger charge is -2.03. The van der Waals surface area contributed by atoms with E-state index in [1.54, 1.807) is 13.1 Å². The van der Waals surface area contributed by atoms with Crippen molar-refractivity contribution in [1.82, 2.24) is 0 Å². The van der Waals surface area contributed by atoms with Crippen molar-refractivity contribution >= 4 is 17.1 Å². The SMILES string of the molecule is CN=Nc1cc(C)c(N)cc1N. The molecular weight excluding hydrogens is 152 g/mol. The van der Waals surface area contributed by atoms with Crippen molar-refractivity contribution in [2.45, 2.75) is 6.92 Å². The van der Waals surface area contributed by atoms with E-state index in [1.165, 1.54) is 0 Å². The molecule has 0 aromatic heterocycles. The van der Waals surface area contributed by atoms with Crippen LogP contribution in [-0.2, 0) is 0 Å². The van der Waals surface area contributed by atoms with Gasteiger partial charge in [0.2, 0.25) is 0 Å². The summed E-state index contributed by atoms with van der Waals surface area (Å²) < 4.78 is 0. The largest absolute Gasteiger partial charge is 0.398 e. The van der Waals surface area contributed by atoms with Gasteiger partial charge in [-0.1, -0.05) is 0 Å². The maximum absolute atomic E-state index is 5.64. The van der Waals surface area contributed by atoms with Gasteiger partial charge in [0.25, 0.3) is 0 Å². The first kappa shape index (κ1) is 8.52. The van der Waals surface area contributed by atoms with Crippen molar-refractivity contribution in [3.8, 4) is 0 Å². The van der Waals surface area contributed by atoms with E-state index in [9.17, 15) is 0 Å². The molecule has 0 radical (unpaired) electrons. The van der Waals surface area contributed by atoms with Gasteiger partial charge in [0, 0.05) is 12.7 Å². The van der Waals surface area contributed by atoms with E-state index in [2.05, 4.69) is 10.2 Å². The number of hydrogen-bond donors (Lipinski definition) is 2. The number of nitrogens with two attached hydrogens (primary N) is 2. The number of aryl methyl sites for hydroxylation is 1. The number of anilines is 2. The molecule has 0 spiro atoms. The normalized spacial score (nSPS) is 10.8. The molecule has 0 aliphatic rings. The molecule has 0 saturated heterocycles. The highest BCUT2D eigenvalue weighted by Gasteiger charge is 2.00. The Balaban J connectivity index is 3.23. The Morgan fingerprint density at radius 2 is 1.83 bits per heavy atom. The summed E-state index contributed by atoms with van der Waals surface area (Å²) in [6.45, 7) is 1.91. The summed E-state index contributed by atoms with van der Waals surface area (Å²) in [7, 11) is 1.60. The van der Waals surface area contributed by atoms with Gasteiger partial charge in [-0.25, -0.2) is 0 Å². The highest BCUT2D eigenvalue weighted by Crippen LogP contribution is 2.27. The van der Waals surface area contributed by atoms with E-state index >= 15 is 0 Å². The molecule has 0 saturated carbocycles. The lowest BCUT2D eigenvalue weighted by atomic mass is 10.1. The Morgan fingerprint density at radius 1 is 1.17 bits per heavy atom. The zero-order valence-corrected chi connectivity index (χ0v) is 7.20. The summed E-state index contributed by atoms with van der Waals surface area (Å²) in [5.41, 5.74) is 14.2. The van der Waals surface area contributed by atoms with Crippen molar-refractivity contribution in [1.29, 1.82) is 0 Å². The van der Waals surface area contributed by atoms with Crippen molar-refractivity contribution in [2.75, 3.05) is 18.5 Å². The van der Waals surface area contributed by atoms with Gasteiger partial charge in [-0.2, -0.15) is 10.2 Å². The molecular formula is C8H12N4. The summed E-state index contributed by atoms with van der Waals surface area (Å²) in [4.78, 5) is 0. The van der Waals surface area contributed by atoms with Crippen LogP contribution in [0.2, 0.25) is 0 Å². The molecule has 12 heavy (non-hydrogen) atoms. The smallest absolute Gasteiger partial charge is 0.109 e. The third-order valence-electron chi connectivity index (χ3n) is 1.62. The number of nitrogen functional groups attached to an aromatic ring is 2. The van der Waals surface area contributed by atoms with Gasteiger partial charge < -0.3 is 11.5 Å². The minimum atomic E-state index is 0.559. The first-order valence-corrected chi connectivity index (χ1v) is 3.60. The summed E-state index contributed by atoms with van der Waals surface area (Å²) in [6.07, 6.45) is 0.